The van der Waals surface area contributed by atoms with E-state index in [1.807, 2.05) is 24.3 Å². The number of fused-ring (bicyclic) bond motifs is 1. The van der Waals surface area contributed by atoms with Gasteiger partial charge in [0.1, 0.15) is 0 Å². The monoisotopic (exact) mass is 422 g/mol. The molecule has 2 heterocycles. The fraction of sp³-hybridized carbons (Fsp3) is 0.619. The molecule has 8 heteroatoms. The van der Waals surface area contributed by atoms with Crippen LogP contribution in [0, 0.1) is 11.3 Å². The van der Waals surface area contributed by atoms with Gasteiger partial charge in [0.2, 0.25) is 5.91 Å². The molecule has 0 aromatic heterocycles. The van der Waals surface area contributed by atoms with E-state index >= 15 is 0 Å². The number of halogens is 1. The van der Waals surface area contributed by atoms with Gasteiger partial charge in [-0.1, -0.05) is 12.8 Å². The third-order valence-electron chi connectivity index (χ3n) is 6.41. The van der Waals surface area contributed by atoms with Crippen LogP contribution in [-0.4, -0.2) is 44.3 Å². The van der Waals surface area contributed by atoms with Crippen molar-refractivity contribution in [2.45, 2.75) is 44.6 Å². The van der Waals surface area contributed by atoms with Crippen molar-refractivity contribution in [3.63, 3.8) is 0 Å². The molecular formula is C21H31ClN4O3. The van der Waals surface area contributed by atoms with Crippen molar-refractivity contribution >= 4 is 35.7 Å². The SMILES string of the molecule is Cl.O=C(NCC1CCCO1)Nc1ccc(NC(=O)[C@@]23CCCC[C@H]2CNC3)cc1. The van der Waals surface area contributed by atoms with Crippen molar-refractivity contribution in [1.29, 1.82) is 0 Å². The van der Waals surface area contributed by atoms with Gasteiger partial charge in [0.05, 0.1) is 11.5 Å². The molecule has 4 N–H and O–H groups in total. The largest absolute Gasteiger partial charge is 0.376 e. The Labute approximate surface area is 178 Å². The van der Waals surface area contributed by atoms with Crippen LogP contribution in [0.5, 0.6) is 0 Å². The summed E-state index contributed by atoms with van der Waals surface area (Å²) in [5.41, 5.74) is 1.19. The summed E-state index contributed by atoms with van der Waals surface area (Å²) in [5.74, 6) is 0.562. The molecule has 1 aliphatic carbocycles. The number of carbonyl (C=O) groups is 2. The van der Waals surface area contributed by atoms with Crippen LogP contribution in [-0.2, 0) is 9.53 Å². The van der Waals surface area contributed by atoms with Crippen molar-refractivity contribution in [3.05, 3.63) is 24.3 Å². The van der Waals surface area contributed by atoms with Crippen molar-refractivity contribution in [1.82, 2.24) is 10.6 Å². The van der Waals surface area contributed by atoms with E-state index in [1.165, 1.54) is 6.42 Å². The number of amides is 3. The van der Waals surface area contributed by atoms with Gasteiger partial charge in [0, 0.05) is 31.1 Å². The van der Waals surface area contributed by atoms with E-state index in [9.17, 15) is 9.59 Å². The minimum atomic E-state index is -0.267. The third kappa shape index (κ3) is 5.02. The van der Waals surface area contributed by atoms with Gasteiger partial charge in [0.25, 0.3) is 0 Å². The maximum absolute atomic E-state index is 13.0. The molecular weight excluding hydrogens is 392 g/mol. The van der Waals surface area contributed by atoms with Crippen LogP contribution in [0.1, 0.15) is 38.5 Å². The molecule has 0 bridgehead atoms. The first-order valence-corrected chi connectivity index (χ1v) is 10.4. The minimum Gasteiger partial charge on any atom is -0.376 e. The number of anilines is 2. The van der Waals surface area contributed by atoms with Crippen LogP contribution in [0.2, 0.25) is 0 Å². The molecule has 3 atom stereocenters. The van der Waals surface area contributed by atoms with Gasteiger partial charge in [-0.2, -0.15) is 0 Å². The zero-order valence-electron chi connectivity index (χ0n) is 16.7. The van der Waals surface area contributed by atoms with E-state index in [0.29, 0.717) is 18.2 Å². The maximum Gasteiger partial charge on any atom is 0.319 e. The van der Waals surface area contributed by atoms with Crippen molar-refractivity contribution in [2.24, 2.45) is 11.3 Å². The maximum atomic E-state index is 13.0. The molecule has 4 rings (SSSR count). The summed E-state index contributed by atoms with van der Waals surface area (Å²) in [6.45, 7) is 3.02. The lowest BCUT2D eigenvalue weighted by molar-refractivity contribution is -0.128. The topological polar surface area (TPSA) is 91.5 Å². The quantitative estimate of drug-likeness (QED) is 0.586. The zero-order chi connectivity index (χ0) is 19.4. The van der Waals surface area contributed by atoms with Crippen molar-refractivity contribution in [3.8, 4) is 0 Å². The Morgan fingerprint density at radius 2 is 1.83 bits per heavy atom. The lowest BCUT2D eigenvalue weighted by atomic mass is 9.67. The molecule has 1 aromatic rings. The highest BCUT2D eigenvalue weighted by Gasteiger charge is 2.49. The molecule has 160 valence electrons. The molecule has 1 unspecified atom stereocenters. The normalized spacial score (nSPS) is 28.1. The Kier molecular flexibility index (Phi) is 7.38. The number of hydrogen-bond donors (Lipinski definition) is 4. The van der Waals surface area contributed by atoms with Crippen LogP contribution in [0.25, 0.3) is 0 Å². The molecule has 3 amide bonds. The van der Waals surface area contributed by atoms with Crippen LogP contribution in [0.4, 0.5) is 16.2 Å². The van der Waals surface area contributed by atoms with Gasteiger partial charge in [0.15, 0.2) is 0 Å². The van der Waals surface area contributed by atoms with Gasteiger partial charge < -0.3 is 26.0 Å². The predicted octanol–water partition coefficient (Wildman–Crippen LogP) is 3.13. The first-order chi connectivity index (χ1) is 13.7. The van der Waals surface area contributed by atoms with E-state index < -0.39 is 0 Å². The molecule has 1 saturated carbocycles. The molecule has 3 aliphatic rings. The lowest BCUT2D eigenvalue weighted by Crippen LogP contribution is -2.44. The highest BCUT2D eigenvalue weighted by molar-refractivity contribution is 5.96. The second kappa shape index (κ2) is 9.78. The van der Waals surface area contributed by atoms with Crippen LogP contribution in [0.3, 0.4) is 0 Å². The van der Waals surface area contributed by atoms with Crippen LogP contribution < -0.4 is 21.3 Å². The Morgan fingerprint density at radius 3 is 2.55 bits per heavy atom. The number of benzene rings is 1. The molecule has 1 aromatic carbocycles. The van der Waals surface area contributed by atoms with E-state index in [0.717, 1.165) is 57.5 Å². The Morgan fingerprint density at radius 1 is 1.07 bits per heavy atom. The number of ether oxygens (including phenoxy) is 1. The molecule has 0 spiro atoms. The summed E-state index contributed by atoms with van der Waals surface area (Å²) >= 11 is 0. The molecule has 29 heavy (non-hydrogen) atoms. The average Bonchev–Trinajstić information content (AvgIpc) is 3.38. The van der Waals surface area contributed by atoms with Crippen LogP contribution >= 0.6 is 12.4 Å². The predicted molar refractivity (Wildman–Crippen MR) is 116 cm³/mol. The fourth-order valence-electron chi connectivity index (χ4n) is 4.77. The highest BCUT2D eigenvalue weighted by atomic mass is 35.5. The standard InChI is InChI=1S/C21H30N4O3.ClH/c26-19(21-10-2-1-4-15(21)12-22-14-21)24-16-6-8-17(9-7-16)25-20(27)23-13-18-5-3-11-28-18;/h6-9,15,18,22H,1-5,10-14H2,(H,24,26)(H2,23,25,27);1H/t15-,18?,21+;/m0./s1. The Hall–Kier alpha value is -1.83. The molecule has 2 aliphatic heterocycles. The molecule has 2 saturated heterocycles. The number of urea groups is 1. The Balaban J connectivity index is 0.00000240. The zero-order valence-corrected chi connectivity index (χ0v) is 17.5. The summed E-state index contributed by atoms with van der Waals surface area (Å²) in [5, 5.41) is 12.2. The summed E-state index contributed by atoms with van der Waals surface area (Å²) < 4.78 is 5.50. The summed E-state index contributed by atoms with van der Waals surface area (Å²) in [6, 6.07) is 7.05. The average molecular weight is 423 g/mol. The second-order valence-electron chi connectivity index (χ2n) is 8.23. The fourth-order valence-corrected chi connectivity index (χ4v) is 4.77. The first-order valence-electron chi connectivity index (χ1n) is 10.4. The lowest BCUT2D eigenvalue weighted by Gasteiger charge is -2.37. The minimum absolute atomic E-state index is 0. The van der Waals surface area contributed by atoms with Gasteiger partial charge >= 0.3 is 6.03 Å². The summed E-state index contributed by atoms with van der Waals surface area (Å²) in [7, 11) is 0. The Bertz CT molecular complexity index is 708. The molecule has 7 nitrogen and oxygen atoms in total. The second-order valence-corrected chi connectivity index (χ2v) is 8.23. The van der Waals surface area contributed by atoms with E-state index in [2.05, 4.69) is 21.3 Å². The van der Waals surface area contributed by atoms with Crippen molar-refractivity contribution < 1.29 is 14.3 Å². The summed E-state index contributed by atoms with van der Waals surface area (Å²) in [6.07, 6.45) is 6.60. The number of hydrogen-bond acceptors (Lipinski definition) is 4. The number of carbonyl (C=O) groups excluding carboxylic acids is 2. The van der Waals surface area contributed by atoms with Gasteiger partial charge in [-0.15, -0.1) is 12.4 Å². The van der Waals surface area contributed by atoms with E-state index in [4.69, 9.17) is 4.74 Å². The first kappa shape index (κ1) is 21.9. The van der Waals surface area contributed by atoms with Gasteiger partial charge in [-0.25, -0.2) is 4.79 Å². The third-order valence-corrected chi connectivity index (χ3v) is 6.41. The highest BCUT2D eigenvalue weighted by Crippen LogP contribution is 2.44. The number of rotatable bonds is 5. The van der Waals surface area contributed by atoms with Gasteiger partial charge in [-0.05, 0) is 62.4 Å². The van der Waals surface area contributed by atoms with E-state index in [1.54, 1.807) is 0 Å². The smallest absolute Gasteiger partial charge is 0.319 e. The summed E-state index contributed by atoms with van der Waals surface area (Å²) in [4.78, 5) is 25.0. The molecule has 0 radical (unpaired) electrons. The number of nitrogens with one attached hydrogen (secondary N) is 4. The van der Waals surface area contributed by atoms with Crippen molar-refractivity contribution in [2.75, 3.05) is 36.9 Å². The van der Waals surface area contributed by atoms with Gasteiger partial charge in [-0.3, -0.25) is 4.79 Å². The van der Waals surface area contributed by atoms with E-state index in [-0.39, 0.29) is 35.9 Å². The van der Waals surface area contributed by atoms with Crippen LogP contribution in [0.15, 0.2) is 24.3 Å². The molecule has 3 fully saturated rings.